The van der Waals surface area contributed by atoms with Gasteiger partial charge in [0.05, 0.1) is 6.54 Å². The third kappa shape index (κ3) is 3.19. The monoisotopic (exact) mass is 305 g/mol. The zero-order chi connectivity index (χ0) is 16.2. The van der Waals surface area contributed by atoms with Gasteiger partial charge in [0.15, 0.2) is 0 Å². The molecule has 3 heteroatoms. The van der Waals surface area contributed by atoms with Gasteiger partial charge in [-0.1, -0.05) is 60.2 Å². The van der Waals surface area contributed by atoms with Gasteiger partial charge in [0.25, 0.3) is 6.47 Å². The van der Waals surface area contributed by atoms with Crippen LogP contribution in [-0.4, -0.2) is 11.0 Å². The smallest absolute Gasteiger partial charge is 0.299 e. The highest BCUT2D eigenvalue weighted by atomic mass is 16.5. The summed E-state index contributed by atoms with van der Waals surface area (Å²) < 4.78 is 7.31. The van der Waals surface area contributed by atoms with E-state index in [0.717, 1.165) is 22.3 Å². The van der Waals surface area contributed by atoms with Crippen LogP contribution < -0.4 is 4.74 Å². The van der Waals surface area contributed by atoms with Crippen LogP contribution >= 0.6 is 0 Å². The highest BCUT2D eigenvalue weighted by Gasteiger charge is 2.17. The fourth-order valence-corrected chi connectivity index (χ4v) is 2.81. The molecule has 0 radical (unpaired) electrons. The van der Waals surface area contributed by atoms with Crippen LogP contribution in [0.1, 0.15) is 16.7 Å². The van der Waals surface area contributed by atoms with Gasteiger partial charge in [-0.05, 0) is 30.5 Å². The zero-order valence-corrected chi connectivity index (χ0v) is 13.3. The third-order valence-corrected chi connectivity index (χ3v) is 3.91. The summed E-state index contributed by atoms with van der Waals surface area (Å²) >= 11 is 0. The molecule has 0 aliphatic heterocycles. The second-order valence-corrected chi connectivity index (χ2v) is 5.69. The Morgan fingerprint density at radius 2 is 1.70 bits per heavy atom. The van der Waals surface area contributed by atoms with Crippen molar-refractivity contribution in [2.24, 2.45) is 0 Å². The number of rotatable bonds is 5. The van der Waals surface area contributed by atoms with Gasteiger partial charge in [0, 0.05) is 11.8 Å². The van der Waals surface area contributed by atoms with Gasteiger partial charge in [-0.3, -0.25) is 4.79 Å². The molecule has 0 fully saturated rings. The molecule has 0 N–H and O–H groups in total. The van der Waals surface area contributed by atoms with E-state index < -0.39 is 0 Å². The number of aromatic nitrogens is 1. The molecular formula is C20H19NO2. The summed E-state index contributed by atoms with van der Waals surface area (Å²) in [5, 5.41) is 0. The Bertz CT molecular complexity index is 802. The number of benzene rings is 2. The number of hydrogen-bond acceptors (Lipinski definition) is 2. The average Bonchev–Trinajstić information content (AvgIpc) is 2.85. The van der Waals surface area contributed by atoms with E-state index in [1.54, 1.807) is 0 Å². The second kappa shape index (κ2) is 6.53. The molecule has 23 heavy (non-hydrogen) atoms. The minimum Gasteiger partial charge on any atom is -0.411 e. The molecule has 3 rings (SSSR count). The van der Waals surface area contributed by atoms with Crippen molar-refractivity contribution in [3.63, 3.8) is 0 Å². The molecule has 0 saturated carbocycles. The van der Waals surface area contributed by atoms with Crippen molar-refractivity contribution in [2.75, 3.05) is 0 Å². The summed E-state index contributed by atoms with van der Waals surface area (Å²) in [5.41, 5.74) is 5.47. The summed E-state index contributed by atoms with van der Waals surface area (Å²) in [6.45, 7) is 5.25. The molecule has 116 valence electrons. The molecule has 0 atom stereocenters. The molecule has 0 unspecified atom stereocenters. The largest absolute Gasteiger partial charge is 0.411 e. The normalized spacial score (nSPS) is 10.5. The van der Waals surface area contributed by atoms with Gasteiger partial charge in [0.2, 0.25) is 5.88 Å². The minimum absolute atomic E-state index is 0.494. The van der Waals surface area contributed by atoms with E-state index in [4.69, 9.17) is 4.74 Å². The van der Waals surface area contributed by atoms with Crippen molar-refractivity contribution in [3.8, 4) is 17.0 Å². The standard InChI is InChI=1S/C20H19NO2/c1-15-8-10-18(11-9-15)19-16(2)12-21(20(19)23-14-22)13-17-6-4-3-5-7-17/h3-12,14H,13H2,1-2H3. The SMILES string of the molecule is Cc1ccc(-c2c(C)cn(Cc3ccccc3)c2OC=O)cc1. The number of hydrogen-bond donors (Lipinski definition) is 0. The summed E-state index contributed by atoms with van der Waals surface area (Å²) in [4.78, 5) is 11.0. The summed E-state index contributed by atoms with van der Waals surface area (Å²) in [5.74, 6) is 0.588. The van der Waals surface area contributed by atoms with Crippen LogP contribution in [0.2, 0.25) is 0 Å². The highest BCUT2D eigenvalue weighted by molar-refractivity contribution is 5.74. The summed E-state index contributed by atoms with van der Waals surface area (Å²) in [6.07, 6.45) is 2.03. The first-order valence-electron chi connectivity index (χ1n) is 7.60. The second-order valence-electron chi connectivity index (χ2n) is 5.69. The lowest BCUT2D eigenvalue weighted by atomic mass is 10.0. The molecule has 2 aromatic carbocycles. The van der Waals surface area contributed by atoms with Crippen LogP contribution in [0.4, 0.5) is 0 Å². The maximum atomic E-state index is 11.0. The Morgan fingerprint density at radius 3 is 2.35 bits per heavy atom. The maximum Gasteiger partial charge on any atom is 0.299 e. The average molecular weight is 305 g/mol. The molecule has 3 nitrogen and oxygen atoms in total. The Hall–Kier alpha value is -2.81. The molecule has 1 heterocycles. The molecule has 0 aliphatic carbocycles. The minimum atomic E-state index is 0.494. The number of carbonyl (C=O) groups excluding carboxylic acids is 1. The van der Waals surface area contributed by atoms with Crippen molar-refractivity contribution in [2.45, 2.75) is 20.4 Å². The van der Waals surface area contributed by atoms with Gasteiger partial charge in [0.1, 0.15) is 0 Å². The third-order valence-electron chi connectivity index (χ3n) is 3.91. The summed E-state index contributed by atoms with van der Waals surface area (Å²) in [7, 11) is 0. The molecule has 1 aromatic heterocycles. The van der Waals surface area contributed by atoms with Crippen molar-refractivity contribution in [1.29, 1.82) is 0 Å². The number of ether oxygens (including phenoxy) is 1. The first kappa shape index (κ1) is 15.1. The van der Waals surface area contributed by atoms with Crippen LogP contribution in [0.15, 0.2) is 60.8 Å². The van der Waals surface area contributed by atoms with E-state index in [2.05, 4.69) is 43.3 Å². The Morgan fingerprint density at radius 1 is 1.00 bits per heavy atom. The number of nitrogens with zero attached hydrogens (tertiary/aromatic N) is 1. The van der Waals surface area contributed by atoms with E-state index in [1.807, 2.05) is 35.9 Å². The molecule has 0 aliphatic rings. The van der Waals surface area contributed by atoms with Crippen LogP contribution in [0, 0.1) is 13.8 Å². The fourth-order valence-electron chi connectivity index (χ4n) is 2.81. The lowest BCUT2D eigenvalue weighted by Crippen LogP contribution is -2.03. The van der Waals surface area contributed by atoms with Crippen molar-refractivity contribution in [1.82, 2.24) is 4.57 Å². The Kier molecular flexibility index (Phi) is 4.29. The van der Waals surface area contributed by atoms with Gasteiger partial charge >= 0.3 is 0 Å². The lowest BCUT2D eigenvalue weighted by molar-refractivity contribution is -0.121. The van der Waals surface area contributed by atoms with Gasteiger partial charge in [-0.2, -0.15) is 0 Å². The van der Waals surface area contributed by atoms with E-state index in [0.29, 0.717) is 18.9 Å². The topological polar surface area (TPSA) is 31.2 Å². The van der Waals surface area contributed by atoms with Crippen LogP contribution in [0.3, 0.4) is 0 Å². The van der Waals surface area contributed by atoms with Crippen molar-refractivity contribution in [3.05, 3.63) is 77.5 Å². The molecular weight excluding hydrogens is 286 g/mol. The van der Waals surface area contributed by atoms with Crippen molar-refractivity contribution < 1.29 is 9.53 Å². The number of carbonyl (C=O) groups is 1. The molecule has 0 spiro atoms. The maximum absolute atomic E-state index is 11.0. The van der Waals surface area contributed by atoms with Crippen molar-refractivity contribution >= 4 is 6.47 Å². The highest BCUT2D eigenvalue weighted by Crippen LogP contribution is 2.35. The van der Waals surface area contributed by atoms with E-state index >= 15 is 0 Å². The molecule has 3 aromatic rings. The van der Waals surface area contributed by atoms with Gasteiger partial charge in [-0.15, -0.1) is 0 Å². The Balaban J connectivity index is 2.06. The quantitative estimate of drug-likeness (QED) is 0.656. The van der Waals surface area contributed by atoms with Crippen LogP contribution in [-0.2, 0) is 11.3 Å². The molecule has 0 amide bonds. The van der Waals surface area contributed by atoms with E-state index in [9.17, 15) is 4.79 Å². The predicted molar refractivity (Wildman–Crippen MR) is 91.6 cm³/mol. The zero-order valence-electron chi connectivity index (χ0n) is 13.3. The number of aryl methyl sites for hydroxylation is 2. The van der Waals surface area contributed by atoms with Gasteiger partial charge < -0.3 is 9.30 Å². The van der Waals surface area contributed by atoms with Gasteiger partial charge in [-0.25, -0.2) is 0 Å². The van der Waals surface area contributed by atoms with Crippen LogP contribution in [0.25, 0.3) is 11.1 Å². The molecule has 0 saturated heterocycles. The first-order valence-corrected chi connectivity index (χ1v) is 7.60. The van der Waals surface area contributed by atoms with E-state index in [1.165, 1.54) is 5.56 Å². The fraction of sp³-hybridized carbons (Fsp3) is 0.150. The molecule has 0 bridgehead atoms. The lowest BCUT2D eigenvalue weighted by Gasteiger charge is -2.10. The Labute approximate surface area is 136 Å². The summed E-state index contributed by atoms with van der Waals surface area (Å²) in [6, 6.07) is 18.4. The van der Waals surface area contributed by atoms with Crippen LogP contribution in [0.5, 0.6) is 5.88 Å². The predicted octanol–water partition coefficient (Wildman–Crippen LogP) is 4.36. The van der Waals surface area contributed by atoms with E-state index in [-0.39, 0.29) is 0 Å². The first-order chi connectivity index (χ1) is 11.2.